The Morgan fingerprint density at radius 1 is 1.39 bits per heavy atom. The van der Waals surface area contributed by atoms with Gasteiger partial charge in [-0.2, -0.15) is 0 Å². The molecule has 0 bridgehead atoms. The van der Waals surface area contributed by atoms with Crippen LogP contribution >= 0.6 is 11.6 Å². The third-order valence-electron chi connectivity index (χ3n) is 3.18. The van der Waals surface area contributed by atoms with Gasteiger partial charge >= 0.3 is 0 Å². The van der Waals surface area contributed by atoms with Crippen molar-refractivity contribution < 1.29 is 9.47 Å². The number of aromatic nitrogens is 1. The molecule has 2 aromatic rings. The first-order valence-corrected chi connectivity index (χ1v) is 6.29. The summed E-state index contributed by atoms with van der Waals surface area (Å²) in [6.07, 6.45) is 1.70. The Labute approximate surface area is 111 Å². The average molecular weight is 264 g/mol. The zero-order valence-corrected chi connectivity index (χ0v) is 10.9. The zero-order chi connectivity index (χ0) is 12.6. The van der Waals surface area contributed by atoms with E-state index in [4.69, 9.17) is 21.1 Å². The largest absolute Gasteiger partial charge is 0.493 e. The maximum atomic E-state index is 6.02. The van der Waals surface area contributed by atoms with Crippen LogP contribution in [0.2, 0.25) is 5.15 Å². The van der Waals surface area contributed by atoms with Gasteiger partial charge in [0.1, 0.15) is 10.9 Å². The molecule has 0 unspecified atom stereocenters. The summed E-state index contributed by atoms with van der Waals surface area (Å²) in [6.45, 7) is 4.39. The number of hydrogen-bond donors (Lipinski definition) is 0. The van der Waals surface area contributed by atoms with Crippen LogP contribution in [0.5, 0.6) is 5.75 Å². The number of ether oxygens (including phenoxy) is 2. The molecule has 3 rings (SSSR count). The second-order valence-corrected chi connectivity index (χ2v) is 5.43. The van der Waals surface area contributed by atoms with Crippen LogP contribution in [0.3, 0.4) is 0 Å². The highest BCUT2D eigenvalue weighted by Crippen LogP contribution is 2.29. The number of nitrogens with zero attached hydrogens (tertiary/aromatic N) is 1. The number of halogens is 1. The van der Waals surface area contributed by atoms with Crippen molar-refractivity contribution in [2.24, 2.45) is 5.41 Å². The lowest BCUT2D eigenvalue weighted by Crippen LogP contribution is -2.44. The highest BCUT2D eigenvalue weighted by molar-refractivity contribution is 6.34. The van der Waals surface area contributed by atoms with Gasteiger partial charge in [-0.25, -0.2) is 4.98 Å². The summed E-state index contributed by atoms with van der Waals surface area (Å²) in [4.78, 5) is 4.05. The van der Waals surface area contributed by atoms with Gasteiger partial charge in [-0.15, -0.1) is 0 Å². The highest BCUT2D eigenvalue weighted by Gasteiger charge is 2.34. The van der Waals surface area contributed by atoms with E-state index in [0.717, 1.165) is 29.7 Å². The van der Waals surface area contributed by atoms with Crippen molar-refractivity contribution in [2.45, 2.75) is 6.92 Å². The molecule has 94 valence electrons. The maximum absolute atomic E-state index is 6.02. The van der Waals surface area contributed by atoms with Crippen molar-refractivity contribution >= 4 is 22.4 Å². The smallest absolute Gasteiger partial charge is 0.136 e. The molecule has 18 heavy (non-hydrogen) atoms. The molecule has 0 atom stereocenters. The van der Waals surface area contributed by atoms with E-state index in [-0.39, 0.29) is 5.41 Å². The SMILES string of the molecule is CC1(COc2ccc3c(Cl)nccc3c2)COC1. The fraction of sp³-hybridized carbons (Fsp3) is 0.357. The summed E-state index contributed by atoms with van der Waals surface area (Å²) in [6, 6.07) is 7.80. The summed E-state index contributed by atoms with van der Waals surface area (Å²) >= 11 is 6.02. The van der Waals surface area contributed by atoms with Gasteiger partial charge in [-0.3, -0.25) is 0 Å². The molecule has 4 heteroatoms. The number of pyridine rings is 1. The van der Waals surface area contributed by atoms with E-state index in [0.29, 0.717) is 11.8 Å². The molecule has 1 saturated heterocycles. The summed E-state index contributed by atoms with van der Waals surface area (Å²) in [5, 5.41) is 2.52. The van der Waals surface area contributed by atoms with Crippen molar-refractivity contribution in [3.8, 4) is 5.75 Å². The van der Waals surface area contributed by atoms with Gasteiger partial charge in [0.15, 0.2) is 0 Å². The van der Waals surface area contributed by atoms with Gasteiger partial charge in [-0.05, 0) is 29.7 Å². The molecule has 1 aliphatic heterocycles. The van der Waals surface area contributed by atoms with Gasteiger partial charge < -0.3 is 9.47 Å². The highest BCUT2D eigenvalue weighted by atomic mass is 35.5. The van der Waals surface area contributed by atoms with Crippen molar-refractivity contribution in [3.05, 3.63) is 35.6 Å². The second kappa shape index (κ2) is 4.41. The van der Waals surface area contributed by atoms with E-state index in [1.54, 1.807) is 6.20 Å². The minimum Gasteiger partial charge on any atom is -0.493 e. The van der Waals surface area contributed by atoms with Gasteiger partial charge in [0.05, 0.1) is 19.8 Å². The third-order valence-corrected chi connectivity index (χ3v) is 3.48. The van der Waals surface area contributed by atoms with E-state index in [1.807, 2.05) is 24.3 Å². The van der Waals surface area contributed by atoms with Crippen molar-refractivity contribution in [2.75, 3.05) is 19.8 Å². The van der Waals surface area contributed by atoms with Crippen LogP contribution in [0.1, 0.15) is 6.92 Å². The Balaban J connectivity index is 1.81. The summed E-state index contributed by atoms with van der Waals surface area (Å²) in [5.74, 6) is 0.859. The van der Waals surface area contributed by atoms with Gasteiger partial charge in [0.2, 0.25) is 0 Å². The predicted octanol–water partition coefficient (Wildman–Crippen LogP) is 3.30. The lowest BCUT2D eigenvalue weighted by atomic mass is 9.90. The molecule has 1 aromatic heterocycles. The molecule has 1 fully saturated rings. The van der Waals surface area contributed by atoms with Crippen LogP contribution in [0.25, 0.3) is 10.8 Å². The van der Waals surface area contributed by atoms with E-state index in [2.05, 4.69) is 11.9 Å². The third kappa shape index (κ3) is 2.16. The molecule has 0 N–H and O–H groups in total. The summed E-state index contributed by atoms with van der Waals surface area (Å²) < 4.78 is 11.0. The molecule has 0 saturated carbocycles. The molecule has 0 spiro atoms. The molecule has 0 radical (unpaired) electrons. The average Bonchev–Trinajstić information content (AvgIpc) is 2.34. The maximum Gasteiger partial charge on any atom is 0.136 e. The van der Waals surface area contributed by atoms with Crippen LogP contribution in [0, 0.1) is 5.41 Å². The first-order valence-electron chi connectivity index (χ1n) is 5.91. The summed E-state index contributed by atoms with van der Waals surface area (Å²) in [5.41, 5.74) is 0.158. The molecule has 1 aliphatic rings. The lowest BCUT2D eigenvalue weighted by Gasteiger charge is -2.37. The van der Waals surface area contributed by atoms with Crippen LogP contribution < -0.4 is 4.74 Å². The fourth-order valence-electron chi connectivity index (χ4n) is 2.00. The van der Waals surface area contributed by atoms with Gasteiger partial charge in [0, 0.05) is 17.0 Å². The van der Waals surface area contributed by atoms with E-state index in [9.17, 15) is 0 Å². The van der Waals surface area contributed by atoms with Gasteiger partial charge in [0.25, 0.3) is 0 Å². The van der Waals surface area contributed by atoms with Crippen LogP contribution in [-0.4, -0.2) is 24.8 Å². The van der Waals surface area contributed by atoms with Gasteiger partial charge in [-0.1, -0.05) is 18.5 Å². The molecule has 3 nitrogen and oxygen atoms in total. The quantitative estimate of drug-likeness (QED) is 0.796. The van der Waals surface area contributed by atoms with E-state index >= 15 is 0 Å². The number of hydrogen-bond acceptors (Lipinski definition) is 3. The molecule has 1 aromatic carbocycles. The number of benzene rings is 1. The van der Waals surface area contributed by atoms with E-state index < -0.39 is 0 Å². The van der Waals surface area contributed by atoms with Crippen LogP contribution in [0.15, 0.2) is 30.5 Å². The van der Waals surface area contributed by atoms with Crippen LogP contribution in [0.4, 0.5) is 0 Å². The van der Waals surface area contributed by atoms with E-state index in [1.165, 1.54) is 0 Å². The Kier molecular flexibility index (Phi) is 2.88. The monoisotopic (exact) mass is 263 g/mol. The van der Waals surface area contributed by atoms with Crippen molar-refractivity contribution in [3.63, 3.8) is 0 Å². The zero-order valence-electron chi connectivity index (χ0n) is 10.1. The van der Waals surface area contributed by atoms with Crippen molar-refractivity contribution in [1.82, 2.24) is 4.98 Å². The fourth-order valence-corrected chi connectivity index (χ4v) is 2.23. The lowest BCUT2D eigenvalue weighted by molar-refractivity contribution is -0.120. The van der Waals surface area contributed by atoms with Crippen molar-refractivity contribution in [1.29, 1.82) is 0 Å². The molecular formula is C14H14ClNO2. The Bertz CT molecular complexity index is 581. The summed E-state index contributed by atoms with van der Waals surface area (Å²) in [7, 11) is 0. The Hall–Kier alpha value is -1.32. The molecule has 0 amide bonds. The predicted molar refractivity (Wildman–Crippen MR) is 71.2 cm³/mol. The first-order chi connectivity index (χ1) is 8.66. The minimum absolute atomic E-state index is 0.158. The molecular weight excluding hydrogens is 250 g/mol. The van der Waals surface area contributed by atoms with Crippen LogP contribution in [-0.2, 0) is 4.74 Å². The molecule has 2 heterocycles. The Morgan fingerprint density at radius 2 is 2.22 bits per heavy atom. The number of rotatable bonds is 3. The Morgan fingerprint density at radius 3 is 2.94 bits per heavy atom. The first kappa shape index (κ1) is 11.8. The molecule has 0 aliphatic carbocycles. The number of fused-ring (bicyclic) bond motifs is 1. The topological polar surface area (TPSA) is 31.4 Å². The second-order valence-electron chi connectivity index (χ2n) is 5.08. The standard InChI is InChI=1S/C14H14ClNO2/c1-14(7-17-8-14)9-18-11-2-3-12-10(6-11)4-5-16-13(12)15/h2-6H,7-9H2,1H3. The minimum atomic E-state index is 0.158. The normalized spacial score (nSPS) is 17.4.